The number of fused-ring (bicyclic) bond motifs is 2. The maximum Gasteiger partial charge on any atom is 0.339 e. The van der Waals surface area contributed by atoms with Crippen LogP contribution < -0.4 is 10.6 Å². The van der Waals surface area contributed by atoms with Gasteiger partial charge >= 0.3 is 12.0 Å². The van der Waals surface area contributed by atoms with E-state index in [1.807, 2.05) is 44.7 Å². The number of nitrogens with one attached hydrogen (secondary N) is 1. The minimum Gasteiger partial charge on any atom is -0.481 e. The second-order valence-electron chi connectivity index (χ2n) is 9.49. The zero-order valence-electron chi connectivity index (χ0n) is 19.6. The minimum atomic E-state index is -1.20. The number of anilines is 1. The van der Waals surface area contributed by atoms with Crippen LogP contribution in [0.4, 0.5) is 10.5 Å². The van der Waals surface area contributed by atoms with E-state index in [1.165, 1.54) is 0 Å². The maximum absolute atomic E-state index is 13.4. The van der Waals surface area contributed by atoms with Gasteiger partial charge in [0.15, 0.2) is 5.82 Å². The van der Waals surface area contributed by atoms with Crippen molar-refractivity contribution in [2.75, 3.05) is 4.90 Å². The smallest absolute Gasteiger partial charge is 0.339 e. The van der Waals surface area contributed by atoms with Crippen molar-refractivity contribution in [1.29, 1.82) is 0 Å². The molecule has 2 aromatic heterocycles. The molecule has 10 heteroatoms. The first-order valence-corrected chi connectivity index (χ1v) is 11.5. The molecule has 1 aliphatic carbocycles. The highest BCUT2D eigenvalue weighted by atomic mass is 16.4. The van der Waals surface area contributed by atoms with Crippen molar-refractivity contribution < 1.29 is 19.5 Å². The number of carboxylic acid groups (broad SMARTS) is 1. The molecule has 1 radical (unpaired) electrons. The first kappa shape index (κ1) is 22.1. The van der Waals surface area contributed by atoms with Crippen LogP contribution >= 0.6 is 0 Å². The Kier molecular flexibility index (Phi) is 4.65. The Morgan fingerprint density at radius 1 is 1.26 bits per heavy atom. The highest BCUT2D eigenvalue weighted by Gasteiger charge is 2.55. The summed E-state index contributed by atoms with van der Waals surface area (Å²) in [5.41, 5.74) is 7.21. The normalized spacial score (nSPS) is 18.0. The average Bonchev–Trinajstić information content (AvgIpc) is 3.20. The quantitative estimate of drug-likeness (QED) is 0.512. The molecule has 2 aliphatic rings. The maximum atomic E-state index is 13.4. The molecule has 1 aromatic carbocycles. The Hall–Kier alpha value is -3.69. The molecular formula is C24H27N6O4. The molecule has 0 saturated heterocycles. The number of primary amides is 1. The summed E-state index contributed by atoms with van der Waals surface area (Å²) in [5.74, 6) is -0.577. The molecule has 2 amide bonds. The van der Waals surface area contributed by atoms with Gasteiger partial charge in [0.25, 0.3) is 0 Å². The summed E-state index contributed by atoms with van der Waals surface area (Å²) in [6, 6.07) is 5.96. The number of hydrogen-bond donors (Lipinski definition) is 3. The summed E-state index contributed by atoms with van der Waals surface area (Å²) in [6.45, 7) is 8.04. The van der Waals surface area contributed by atoms with Crippen LogP contribution in [0.2, 0.25) is 0 Å². The van der Waals surface area contributed by atoms with E-state index in [1.54, 1.807) is 0 Å². The summed E-state index contributed by atoms with van der Waals surface area (Å²) in [7, 11) is 0. The van der Waals surface area contributed by atoms with E-state index in [9.17, 15) is 19.5 Å². The van der Waals surface area contributed by atoms with Crippen LogP contribution in [-0.4, -0.2) is 48.8 Å². The monoisotopic (exact) mass is 463 g/mol. The number of aromatic nitrogens is 4. The molecule has 0 spiro atoms. The summed E-state index contributed by atoms with van der Waals surface area (Å²) < 4.78 is 0.905. The van der Waals surface area contributed by atoms with Gasteiger partial charge in [-0.15, -0.1) is 0 Å². The van der Waals surface area contributed by atoms with E-state index in [4.69, 9.17) is 5.73 Å². The van der Waals surface area contributed by atoms with Crippen LogP contribution in [0.1, 0.15) is 64.6 Å². The lowest BCUT2D eigenvalue weighted by Gasteiger charge is -2.27. The number of H-pyrrole nitrogens is 1. The zero-order chi connectivity index (χ0) is 24.6. The third-order valence-electron chi connectivity index (χ3n) is 7.42. The number of aliphatic carboxylic acids is 1. The predicted molar refractivity (Wildman–Crippen MR) is 125 cm³/mol. The molecule has 0 atom stereocenters. The molecule has 0 bridgehead atoms. The number of carbonyl (C=O) groups excluding carboxylic acids is 2. The van der Waals surface area contributed by atoms with Gasteiger partial charge in [0, 0.05) is 12.1 Å². The van der Waals surface area contributed by atoms with Crippen molar-refractivity contribution in [3.05, 3.63) is 29.5 Å². The van der Waals surface area contributed by atoms with Crippen molar-refractivity contribution in [2.24, 2.45) is 5.73 Å². The van der Waals surface area contributed by atoms with Crippen molar-refractivity contribution in [3.8, 4) is 11.5 Å². The number of rotatable bonds is 6. The topological polar surface area (TPSA) is 147 Å². The molecule has 3 heterocycles. The molecule has 10 nitrogen and oxygen atoms in total. The molecular weight excluding hydrogens is 436 g/mol. The van der Waals surface area contributed by atoms with Crippen molar-refractivity contribution in [2.45, 2.75) is 70.3 Å². The van der Waals surface area contributed by atoms with Crippen molar-refractivity contribution in [3.63, 3.8) is 0 Å². The molecule has 5 rings (SSSR count). The fourth-order valence-corrected chi connectivity index (χ4v) is 5.25. The van der Waals surface area contributed by atoms with Gasteiger partial charge in [-0.1, -0.05) is 13.8 Å². The van der Waals surface area contributed by atoms with E-state index < -0.39 is 22.8 Å². The number of benzene rings is 1. The lowest BCUT2D eigenvalue weighted by molar-refractivity contribution is -0.140. The van der Waals surface area contributed by atoms with Crippen molar-refractivity contribution in [1.82, 2.24) is 19.7 Å². The summed E-state index contributed by atoms with van der Waals surface area (Å²) in [4.78, 5) is 46.9. The summed E-state index contributed by atoms with van der Waals surface area (Å²) in [6.07, 6.45) is 2.14. The second kappa shape index (κ2) is 7.15. The molecule has 34 heavy (non-hydrogen) atoms. The molecule has 3 aromatic rings. The van der Waals surface area contributed by atoms with E-state index in [-0.39, 0.29) is 23.3 Å². The Bertz CT molecular complexity index is 1360. The van der Waals surface area contributed by atoms with Crippen LogP contribution in [0.5, 0.6) is 0 Å². The standard InChI is InChI=1S/C24H27N6O4/c1-5-23(6-2)13-9-14-15(10-17(13)29(12(3)4)20(23)31)27-19(26-14)16-11-18(30(28-16)22(25)34)24(7-8-24)21(32)33/h9-10,12H,5-8H2,1-4H3,(H2,25,34)(H,26,27)(H,32,33). The van der Waals surface area contributed by atoms with Gasteiger partial charge in [-0.25, -0.2) is 9.78 Å². The Morgan fingerprint density at radius 3 is 2.47 bits per heavy atom. The lowest BCUT2D eigenvalue weighted by Crippen LogP contribution is -2.42. The minimum absolute atomic E-state index is 0.00464. The molecule has 4 N–H and O–H groups in total. The van der Waals surface area contributed by atoms with Gasteiger partial charge in [-0.05, 0) is 57.2 Å². The number of imidazole rings is 1. The molecule has 1 fully saturated rings. The van der Waals surface area contributed by atoms with Crippen LogP contribution in [-0.2, 0) is 20.4 Å². The van der Waals surface area contributed by atoms with Gasteiger partial charge < -0.3 is 20.7 Å². The molecule has 1 saturated carbocycles. The molecule has 177 valence electrons. The Labute approximate surface area is 196 Å². The molecule has 1 aliphatic heterocycles. The SMILES string of the molecule is CCC1(CC)C(=O)N(C(C)C)c2cc3nc(-c4[c]c(C5(C(=O)O)CC5)n(C(N)=O)n4)[nH]c3cc21. The van der Waals surface area contributed by atoms with E-state index in [0.717, 1.165) is 21.4 Å². The fourth-order valence-electron chi connectivity index (χ4n) is 5.25. The predicted octanol–water partition coefficient (Wildman–Crippen LogP) is 3.08. The van der Waals surface area contributed by atoms with Gasteiger partial charge in [0.2, 0.25) is 5.91 Å². The van der Waals surface area contributed by atoms with E-state index in [0.29, 0.717) is 37.0 Å². The van der Waals surface area contributed by atoms with Gasteiger partial charge in [-0.3, -0.25) is 9.59 Å². The van der Waals surface area contributed by atoms with Crippen LogP contribution in [0, 0.1) is 6.07 Å². The number of carbonyl (C=O) groups is 3. The summed E-state index contributed by atoms with van der Waals surface area (Å²) in [5, 5.41) is 13.9. The third kappa shape index (κ3) is 2.77. The highest BCUT2D eigenvalue weighted by molar-refractivity contribution is 6.10. The van der Waals surface area contributed by atoms with Gasteiger partial charge in [-0.2, -0.15) is 9.78 Å². The molecule has 0 unspecified atom stereocenters. The largest absolute Gasteiger partial charge is 0.481 e. The average molecular weight is 464 g/mol. The number of hydrogen-bond acceptors (Lipinski definition) is 5. The Balaban J connectivity index is 1.66. The third-order valence-corrected chi connectivity index (χ3v) is 7.42. The van der Waals surface area contributed by atoms with Gasteiger partial charge in [0.05, 0.1) is 27.8 Å². The number of amides is 2. The van der Waals surface area contributed by atoms with E-state index >= 15 is 0 Å². The number of nitrogens with zero attached hydrogens (tertiary/aromatic N) is 4. The van der Waals surface area contributed by atoms with E-state index in [2.05, 4.69) is 21.1 Å². The van der Waals surface area contributed by atoms with Crippen LogP contribution in [0.15, 0.2) is 12.1 Å². The number of nitrogens with two attached hydrogens (primary N) is 1. The zero-order valence-corrected chi connectivity index (χ0v) is 19.6. The highest BCUT2D eigenvalue weighted by Crippen LogP contribution is 2.50. The first-order valence-electron chi connectivity index (χ1n) is 11.5. The fraction of sp³-hybridized carbons (Fsp3) is 0.458. The second-order valence-corrected chi connectivity index (χ2v) is 9.49. The van der Waals surface area contributed by atoms with Gasteiger partial charge in [0.1, 0.15) is 11.1 Å². The first-order chi connectivity index (χ1) is 16.1. The Morgan fingerprint density at radius 2 is 1.94 bits per heavy atom. The lowest BCUT2D eigenvalue weighted by atomic mass is 9.77. The van der Waals surface area contributed by atoms with Crippen molar-refractivity contribution >= 4 is 34.6 Å². The number of carboxylic acids is 1. The van der Waals surface area contributed by atoms with Crippen LogP contribution in [0.3, 0.4) is 0 Å². The van der Waals surface area contributed by atoms with Crippen LogP contribution in [0.25, 0.3) is 22.6 Å². The summed E-state index contributed by atoms with van der Waals surface area (Å²) >= 11 is 0. The number of aromatic amines is 1.